The van der Waals surface area contributed by atoms with Crippen molar-refractivity contribution in [2.45, 2.75) is 315 Å². The van der Waals surface area contributed by atoms with Crippen molar-refractivity contribution in [1.82, 2.24) is 5.32 Å². The normalized spacial score (nSPS) is 13.8. The van der Waals surface area contributed by atoms with E-state index in [0.29, 0.717) is 23.9 Å². The SMILES string of the molecule is CCCCCCCCCCCC/C=C/C(OC(=O)CCCCCCCCCCCCCCCC)C(COP(=O)(O)OCC[N+](C)(C)C)NC(=O)CCCCCCCCCCCCCCCCCCC. The van der Waals surface area contributed by atoms with Crippen LogP contribution in [0.3, 0.4) is 0 Å². The average molecular weight is 999 g/mol. The van der Waals surface area contributed by atoms with Crippen LogP contribution in [0.5, 0.6) is 0 Å². The maximum atomic E-state index is 13.5. The lowest BCUT2D eigenvalue weighted by molar-refractivity contribution is -0.870. The van der Waals surface area contributed by atoms with Crippen LogP contribution in [0, 0.1) is 0 Å². The molecule has 3 unspecified atom stereocenters. The highest BCUT2D eigenvalue weighted by molar-refractivity contribution is 7.47. The molecule has 0 aromatic rings. The minimum Gasteiger partial charge on any atom is -0.456 e. The summed E-state index contributed by atoms with van der Waals surface area (Å²) in [4.78, 5) is 37.6. The summed E-state index contributed by atoms with van der Waals surface area (Å²) in [6.07, 6.45) is 56.2. The number of nitrogens with one attached hydrogen (secondary N) is 1. The molecule has 0 saturated carbocycles. The third kappa shape index (κ3) is 51.5. The van der Waals surface area contributed by atoms with Crippen molar-refractivity contribution in [3.05, 3.63) is 12.2 Å². The Balaban J connectivity index is 5.26. The highest BCUT2D eigenvalue weighted by atomic mass is 31.2. The fraction of sp³-hybridized carbons (Fsp3) is 0.932. The molecule has 0 saturated heterocycles. The van der Waals surface area contributed by atoms with Crippen LogP contribution in [0.15, 0.2) is 12.2 Å². The summed E-state index contributed by atoms with van der Waals surface area (Å²) in [6.45, 7) is 7.06. The van der Waals surface area contributed by atoms with E-state index in [1.54, 1.807) is 0 Å². The molecule has 3 atom stereocenters. The first-order valence-corrected chi connectivity index (χ1v) is 31.5. The zero-order valence-corrected chi connectivity index (χ0v) is 47.7. The molecule has 0 aliphatic rings. The Morgan fingerprint density at radius 2 is 0.826 bits per heavy atom. The number of allylic oxidation sites excluding steroid dienone is 1. The van der Waals surface area contributed by atoms with Gasteiger partial charge in [-0.2, -0.15) is 0 Å². The van der Waals surface area contributed by atoms with Gasteiger partial charge in [0.25, 0.3) is 0 Å². The van der Waals surface area contributed by atoms with Crippen LogP contribution in [0.4, 0.5) is 0 Å². The molecule has 0 aliphatic heterocycles. The number of unbranched alkanes of at least 4 members (excludes halogenated alkanes) is 39. The molecule has 9 nitrogen and oxygen atoms in total. The van der Waals surface area contributed by atoms with E-state index in [2.05, 4.69) is 26.1 Å². The number of hydrogen-bond donors (Lipinski definition) is 2. The minimum absolute atomic E-state index is 0.0456. The van der Waals surface area contributed by atoms with E-state index in [1.807, 2.05) is 33.3 Å². The van der Waals surface area contributed by atoms with Crippen LogP contribution in [0.1, 0.15) is 303 Å². The highest BCUT2D eigenvalue weighted by Crippen LogP contribution is 2.43. The number of rotatable bonds is 55. The first-order valence-electron chi connectivity index (χ1n) is 30.0. The van der Waals surface area contributed by atoms with Gasteiger partial charge in [-0.25, -0.2) is 4.57 Å². The second-order valence-electron chi connectivity index (χ2n) is 21.9. The number of nitrogens with zero attached hydrogens (tertiary/aromatic N) is 1. The summed E-state index contributed by atoms with van der Waals surface area (Å²) < 4.78 is 30.7. The van der Waals surface area contributed by atoms with Gasteiger partial charge in [-0.15, -0.1) is 0 Å². The van der Waals surface area contributed by atoms with Crippen molar-refractivity contribution >= 4 is 19.7 Å². The second-order valence-corrected chi connectivity index (χ2v) is 23.3. The third-order valence-electron chi connectivity index (χ3n) is 13.7. The van der Waals surface area contributed by atoms with Crippen LogP contribution in [0.2, 0.25) is 0 Å². The van der Waals surface area contributed by atoms with E-state index in [9.17, 15) is 19.0 Å². The Bertz CT molecular complexity index is 1190. The number of quaternary nitrogens is 1. The van der Waals surface area contributed by atoms with Crippen LogP contribution in [0.25, 0.3) is 0 Å². The number of phosphoric ester groups is 1. The molecule has 410 valence electrons. The van der Waals surface area contributed by atoms with Crippen molar-refractivity contribution in [1.29, 1.82) is 0 Å². The van der Waals surface area contributed by atoms with Crippen LogP contribution in [-0.4, -0.2) is 74.3 Å². The Kier molecular flexibility index (Phi) is 49.4. The number of esters is 1. The molecule has 69 heavy (non-hydrogen) atoms. The van der Waals surface area contributed by atoms with Gasteiger partial charge < -0.3 is 19.4 Å². The van der Waals surface area contributed by atoms with Gasteiger partial charge in [0.1, 0.15) is 19.3 Å². The monoisotopic (exact) mass is 998 g/mol. The van der Waals surface area contributed by atoms with E-state index in [-0.39, 0.29) is 25.1 Å². The molecule has 0 aromatic heterocycles. The smallest absolute Gasteiger partial charge is 0.456 e. The molecule has 0 heterocycles. The Morgan fingerprint density at radius 1 is 0.493 bits per heavy atom. The summed E-state index contributed by atoms with van der Waals surface area (Å²) in [5, 5.41) is 3.06. The molecule has 0 aliphatic carbocycles. The molecule has 0 spiro atoms. The number of ether oxygens (including phenoxy) is 1. The lowest BCUT2D eigenvalue weighted by Gasteiger charge is -2.27. The number of carbonyl (C=O) groups is 2. The van der Waals surface area contributed by atoms with Crippen molar-refractivity contribution in [3.8, 4) is 0 Å². The molecule has 0 radical (unpaired) electrons. The summed E-state index contributed by atoms with van der Waals surface area (Å²) in [7, 11) is 1.52. The molecule has 1 amide bonds. The predicted octanol–water partition coefficient (Wildman–Crippen LogP) is 18.0. The van der Waals surface area contributed by atoms with Crippen LogP contribution in [-0.2, 0) is 27.9 Å². The van der Waals surface area contributed by atoms with Crippen LogP contribution < -0.4 is 5.32 Å². The minimum atomic E-state index is -4.44. The van der Waals surface area contributed by atoms with Gasteiger partial charge in [0, 0.05) is 12.8 Å². The standard InChI is InChI=1S/C59H117N2O7P/c1-7-10-13-16-19-22-25-28-30-31-32-33-36-39-42-45-48-51-58(62)60-56(55-67-69(64,65)66-54-53-61(4,5)6)57(50-47-44-41-38-35-27-24-21-18-15-12-9-3)68-59(63)52-49-46-43-40-37-34-29-26-23-20-17-14-11-8-2/h47,50,56-57H,7-46,48-49,51-55H2,1-6H3,(H-,60,62,64,65)/p+1/b50-47+. The second kappa shape index (κ2) is 50.3. The molecular weight excluding hydrogens is 880 g/mol. The third-order valence-corrected chi connectivity index (χ3v) is 14.7. The quantitative estimate of drug-likeness (QED) is 0.0205. The molecule has 0 fully saturated rings. The Labute approximate surface area is 429 Å². The van der Waals surface area contributed by atoms with Gasteiger partial charge in [-0.1, -0.05) is 271 Å². The molecule has 10 heteroatoms. The largest absolute Gasteiger partial charge is 0.472 e. The van der Waals surface area contributed by atoms with E-state index in [0.717, 1.165) is 57.8 Å². The lowest BCUT2D eigenvalue weighted by atomic mass is 10.0. The number of carbonyl (C=O) groups excluding carboxylic acids is 2. The van der Waals surface area contributed by atoms with Crippen molar-refractivity contribution in [2.75, 3.05) is 40.9 Å². The Morgan fingerprint density at radius 3 is 1.19 bits per heavy atom. The first-order chi connectivity index (χ1) is 33.4. The number of phosphoric acid groups is 1. The maximum absolute atomic E-state index is 13.5. The number of amides is 1. The van der Waals surface area contributed by atoms with Crippen molar-refractivity contribution < 1.29 is 37.3 Å². The van der Waals surface area contributed by atoms with Crippen molar-refractivity contribution in [2.24, 2.45) is 0 Å². The Hall–Kier alpha value is -1.25. The highest BCUT2D eigenvalue weighted by Gasteiger charge is 2.30. The lowest BCUT2D eigenvalue weighted by Crippen LogP contribution is -2.47. The first kappa shape index (κ1) is 67.8. The van der Waals surface area contributed by atoms with Crippen LogP contribution >= 0.6 is 7.82 Å². The van der Waals surface area contributed by atoms with Gasteiger partial charge >= 0.3 is 13.8 Å². The summed E-state index contributed by atoms with van der Waals surface area (Å²) in [6, 6.07) is -0.838. The average Bonchev–Trinajstić information content (AvgIpc) is 3.31. The summed E-state index contributed by atoms with van der Waals surface area (Å²) in [5.74, 6) is -0.485. The van der Waals surface area contributed by atoms with E-state index >= 15 is 0 Å². The van der Waals surface area contributed by atoms with E-state index < -0.39 is 20.0 Å². The number of likely N-dealkylation sites (N-methyl/N-ethyl adjacent to an activating group) is 1. The predicted molar refractivity (Wildman–Crippen MR) is 296 cm³/mol. The zero-order chi connectivity index (χ0) is 50.8. The maximum Gasteiger partial charge on any atom is 0.472 e. The molecular formula is C59H118N2O7P+. The number of hydrogen-bond acceptors (Lipinski definition) is 6. The van der Waals surface area contributed by atoms with Gasteiger partial charge in [-0.3, -0.25) is 18.6 Å². The van der Waals surface area contributed by atoms with Gasteiger partial charge in [0.2, 0.25) is 5.91 Å². The van der Waals surface area contributed by atoms with Gasteiger partial charge in [0.05, 0.1) is 33.8 Å². The van der Waals surface area contributed by atoms with Gasteiger partial charge in [-0.05, 0) is 31.8 Å². The fourth-order valence-corrected chi connectivity index (χ4v) is 9.80. The molecule has 0 bridgehead atoms. The molecule has 0 aromatic carbocycles. The zero-order valence-electron chi connectivity index (χ0n) is 46.8. The van der Waals surface area contributed by atoms with E-state index in [1.165, 1.54) is 212 Å². The van der Waals surface area contributed by atoms with E-state index in [4.69, 9.17) is 13.8 Å². The summed E-state index contributed by atoms with van der Waals surface area (Å²) >= 11 is 0. The molecule has 2 N–H and O–H groups in total. The summed E-state index contributed by atoms with van der Waals surface area (Å²) in [5.41, 5.74) is 0. The van der Waals surface area contributed by atoms with Crippen molar-refractivity contribution in [3.63, 3.8) is 0 Å². The van der Waals surface area contributed by atoms with Gasteiger partial charge in [0.15, 0.2) is 0 Å². The topological polar surface area (TPSA) is 111 Å². The fourth-order valence-electron chi connectivity index (χ4n) is 9.06. The molecule has 0 rings (SSSR count).